The zero-order chi connectivity index (χ0) is 17.5. The molecule has 4 nitrogen and oxygen atoms in total. The Morgan fingerprint density at radius 1 is 1.12 bits per heavy atom. The molecule has 2 aromatic carbocycles. The molecule has 0 radical (unpaired) electrons. The van der Waals surface area contributed by atoms with Gasteiger partial charge in [0.1, 0.15) is 5.92 Å². The number of esters is 1. The molecule has 0 unspecified atom stereocenters. The summed E-state index contributed by atoms with van der Waals surface area (Å²) >= 11 is 11.9. The van der Waals surface area contributed by atoms with Gasteiger partial charge in [0.2, 0.25) is 5.91 Å². The van der Waals surface area contributed by atoms with Gasteiger partial charge in [-0.05, 0) is 37.1 Å². The Hall–Kier alpha value is -2.04. The molecule has 0 heterocycles. The lowest BCUT2D eigenvalue weighted by Crippen LogP contribution is -2.33. The van der Waals surface area contributed by atoms with Crippen molar-refractivity contribution in [3.8, 4) is 0 Å². The molecule has 0 aliphatic heterocycles. The van der Waals surface area contributed by atoms with E-state index in [0.717, 1.165) is 5.56 Å². The van der Waals surface area contributed by atoms with Gasteiger partial charge in [0.25, 0.3) is 0 Å². The number of benzene rings is 2. The Morgan fingerprint density at radius 2 is 1.83 bits per heavy atom. The van der Waals surface area contributed by atoms with E-state index in [1.54, 1.807) is 19.1 Å². The quantitative estimate of drug-likeness (QED) is 0.611. The van der Waals surface area contributed by atoms with Crippen LogP contribution < -0.4 is 5.32 Å². The fourth-order valence-electron chi connectivity index (χ4n) is 2.19. The van der Waals surface area contributed by atoms with Crippen molar-refractivity contribution in [2.45, 2.75) is 13.3 Å². The van der Waals surface area contributed by atoms with E-state index < -0.39 is 17.8 Å². The lowest BCUT2D eigenvalue weighted by atomic mass is 9.98. The standard InChI is InChI=1S/C18H17Cl2NO3/c1-2-24-18(23)14(10-12-6-4-3-5-7-12)17(22)21-16-9-8-13(19)11-15(16)20/h3-9,11,14H,2,10H2,1H3,(H,21,22)/t14-/m1/s1. The molecule has 1 atom stereocenters. The summed E-state index contributed by atoms with van der Waals surface area (Å²) in [6.45, 7) is 1.91. The number of rotatable bonds is 6. The normalized spacial score (nSPS) is 11.6. The predicted molar refractivity (Wildman–Crippen MR) is 95.4 cm³/mol. The lowest BCUT2D eigenvalue weighted by Gasteiger charge is -2.16. The van der Waals surface area contributed by atoms with E-state index in [9.17, 15) is 9.59 Å². The second kappa shape index (κ2) is 8.71. The number of carbonyl (C=O) groups excluding carboxylic acids is 2. The van der Waals surface area contributed by atoms with E-state index in [2.05, 4.69) is 5.32 Å². The van der Waals surface area contributed by atoms with Gasteiger partial charge in [0, 0.05) is 5.02 Å². The molecule has 1 amide bonds. The number of hydrogen-bond donors (Lipinski definition) is 1. The van der Waals surface area contributed by atoms with Gasteiger partial charge in [0.15, 0.2) is 0 Å². The molecule has 0 spiro atoms. The third-order valence-electron chi connectivity index (χ3n) is 3.36. The van der Waals surface area contributed by atoms with E-state index in [4.69, 9.17) is 27.9 Å². The van der Waals surface area contributed by atoms with Crippen molar-refractivity contribution in [3.05, 3.63) is 64.1 Å². The minimum Gasteiger partial charge on any atom is -0.465 e. The molecule has 24 heavy (non-hydrogen) atoms. The number of anilines is 1. The topological polar surface area (TPSA) is 55.4 Å². The second-order valence-corrected chi connectivity index (χ2v) is 5.95. The first kappa shape index (κ1) is 18.3. The number of ether oxygens (including phenoxy) is 1. The predicted octanol–water partition coefficient (Wildman–Crippen LogP) is 4.35. The minimum absolute atomic E-state index is 0.207. The summed E-state index contributed by atoms with van der Waals surface area (Å²) in [5.41, 5.74) is 1.27. The van der Waals surface area contributed by atoms with Crippen molar-refractivity contribution < 1.29 is 14.3 Å². The zero-order valence-electron chi connectivity index (χ0n) is 13.1. The number of halogens is 2. The zero-order valence-corrected chi connectivity index (χ0v) is 14.6. The van der Waals surface area contributed by atoms with Crippen LogP contribution in [0.5, 0.6) is 0 Å². The van der Waals surface area contributed by atoms with Crippen molar-refractivity contribution in [3.63, 3.8) is 0 Å². The number of hydrogen-bond acceptors (Lipinski definition) is 3. The summed E-state index contributed by atoms with van der Waals surface area (Å²) in [5, 5.41) is 3.43. The lowest BCUT2D eigenvalue weighted by molar-refractivity contribution is -0.150. The molecule has 0 aromatic heterocycles. The van der Waals surface area contributed by atoms with Crippen molar-refractivity contribution in [1.82, 2.24) is 0 Å². The summed E-state index contributed by atoms with van der Waals surface area (Å²) in [5.74, 6) is -2.00. The van der Waals surface area contributed by atoms with Gasteiger partial charge in [-0.2, -0.15) is 0 Å². The molecule has 1 N–H and O–H groups in total. The summed E-state index contributed by atoms with van der Waals surface area (Å²) in [4.78, 5) is 24.7. The largest absolute Gasteiger partial charge is 0.465 e. The highest BCUT2D eigenvalue weighted by Gasteiger charge is 2.28. The first-order valence-electron chi connectivity index (χ1n) is 7.47. The molecule has 6 heteroatoms. The Labute approximate surface area is 150 Å². The van der Waals surface area contributed by atoms with Crippen LogP contribution in [-0.4, -0.2) is 18.5 Å². The van der Waals surface area contributed by atoms with Crippen LogP contribution >= 0.6 is 23.2 Å². The van der Waals surface area contributed by atoms with E-state index in [-0.39, 0.29) is 13.0 Å². The molecular formula is C18H17Cl2NO3. The maximum Gasteiger partial charge on any atom is 0.318 e. The molecule has 0 fully saturated rings. The second-order valence-electron chi connectivity index (χ2n) is 5.11. The van der Waals surface area contributed by atoms with E-state index >= 15 is 0 Å². The van der Waals surface area contributed by atoms with Crippen molar-refractivity contribution in [2.24, 2.45) is 5.92 Å². The summed E-state index contributed by atoms with van der Waals surface area (Å²) in [6.07, 6.45) is 0.247. The molecule has 0 bridgehead atoms. The highest BCUT2D eigenvalue weighted by molar-refractivity contribution is 6.36. The van der Waals surface area contributed by atoms with Crippen LogP contribution in [0.4, 0.5) is 5.69 Å². The number of amides is 1. The number of nitrogens with one attached hydrogen (secondary N) is 1. The van der Waals surface area contributed by atoms with Crippen LogP contribution in [0.1, 0.15) is 12.5 Å². The summed E-state index contributed by atoms with van der Waals surface area (Å²) < 4.78 is 5.03. The van der Waals surface area contributed by atoms with E-state index in [0.29, 0.717) is 15.7 Å². The van der Waals surface area contributed by atoms with Crippen LogP contribution in [0.25, 0.3) is 0 Å². The molecule has 2 rings (SSSR count). The molecule has 0 aliphatic carbocycles. The van der Waals surface area contributed by atoms with E-state index in [1.165, 1.54) is 6.07 Å². The fourth-order valence-corrected chi connectivity index (χ4v) is 2.64. The highest BCUT2D eigenvalue weighted by Crippen LogP contribution is 2.26. The van der Waals surface area contributed by atoms with Crippen LogP contribution in [0.3, 0.4) is 0 Å². The van der Waals surface area contributed by atoms with Crippen LogP contribution in [0, 0.1) is 5.92 Å². The van der Waals surface area contributed by atoms with Crippen molar-refractivity contribution >= 4 is 40.8 Å². The molecule has 2 aromatic rings. The van der Waals surface area contributed by atoms with Gasteiger partial charge in [0.05, 0.1) is 17.3 Å². The van der Waals surface area contributed by atoms with Gasteiger partial charge in [-0.25, -0.2) is 0 Å². The van der Waals surface area contributed by atoms with Gasteiger partial charge < -0.3 is 10.1 Å². The van der Waals surface area contributed by atoms with Gasteiger partial charge >= 0.3 is 5.97 Å². The highest BCUT2D eigenvalue weighted by atomic mass is 35.5. The summed E-state index contributed by atoms with van der Waals surface area (Å²) in [7, 11) is 0. The first-order valence-corrected chi connectivity index (χ1v) is 8.23. The fraction of sp³-hybridized carbons (Fsp3) is 0.222. The third kappa shape index (κ3) is 4.98. The Morgan fingerprint density at radius 3 is 2.46 bits per heavy atom. The van der Waals surface area contributed by atoms with Gasteiger partial charge in [-0.1, -0.05) is 53.5 Å². The Kier molecular flexibility index (Phi) is 6.64. The molecule has 0 aliphatic rings. The number of carbonyl (C=O) groups is 2. The average Bonchev–Trinajstić information content (AvgIpc) is 2.56. The third-order valence-corrected chi connectivity index (χ3v) is 3.91. The van der Waals surface area contributed by atoms with Crippen molar-refractivity contribution in [2.75, 3.05) is 11.9 Å². The van der Waals surface area contributed by atoms with Gasteiger partial charge in [-0.15, -0.1) is 0 Å². The van der Waals surface area contributed by atoms with Gasteiger partial charge in [-0.3, -0.25) is 9.59 Å². The Bertz CT molecular complexity index is 719. The maximum atomic E-state index is 12.6. The summed E-state index contributed by atoms with van der Waals surface area (Å²) in [6, 6.07) is 14.0. The van der Waals surface area contributed by atoms with Crippen LogP contribution in [-0.2, 0) is 20.7 Å². The molecule has 126 valence electrons. The average molecular weight is 366 g/mol. The monoisotopic (exact) mass is 365 g/mol. The minimum atomic E-state index is -0.959. The maximum absolute atomic E-state index is 12.6. The first-order chi connectivity index (χ1) is 11.5. The molecular weight excluding hydrogens is 349 g/mol. The van der Waals surface area contributed by atoms with Crippen LogP contribution in [0.15, 0.2) is 48.5 Å². The van der Waals surface area contributed by atoms with Crippen LogP contribution in [0.2, 0.25) is 10.0 Å². The Balaban J connectivity index is 2.18. The smallest absolute Gasteiger partial charge is 0.318 e. The molecule has 0 saturated carbocycles. The SMILES string of the molecule is CCOC(=O)[C@H](Cc1ccccc1)C(=O)Nc1ccc(Cl)cc1Cl. The van der Waals surface area contributed by atoms with E-state index in [1.807, 2.05) is 30.3 Å². The van der Waals surface area contributed by atoms with Crippen molar-refractivity contribution in [1.29, 1.82) is 0 Å². The molecule has 0 saturated heterocycles.